The van der Waals surface area contributed by atoms with Crippen LogP contribution in [0.5, 0.6) is 11.5 Å². The lowest BCUT2D eigenvalue weighted by molar-refractivity contribution is 0.194. The molecule has 1 fully saturated rings. The van der Waals surface area contributed by atoms with E-state index in [1.807, 2.05) is 18.2 Å². The summed E-state index contributed by atoms with van der Waals surface area (Å²) in [5, 5.41) is 6.75. The molecule has 0 atom stereocenters. The minimum Gasteiger partial charge on any atom is -0.493 e. The quantitative estimate of drug-likeness (QED) is 0.550. The zero-order valence-corrected chi connectivity index (χ0v) is 16.7. The second-order valence-corrected chi connectivity index (χ2v) is 6.81. The Morgan fingerprint density at radius 2 is 1.85 bits per heavy atom. The molecule has 0 unspecified atom stereocenters. The van der Waals surface area contributed by atoms with E-state index in [0.717, 1.165) is 42.2 Å². The molecular formula is C20H34N4O2. The lowest BCUT2D eigenvalue weighted by atomic mass is 9.94. The minimum atomic E-state index is 0.679. The number of nitrogens with zero attached hydrogens (tertiary/aromatic N) is 2. The van der Waals surface area contributed by atoms with Gasteiger partial charge in [-0.1, -0.05) is 25.3 Å². The Morgan fingerprint density at radius 3 is 2.50 bits per heavy atom. The molecule has 0 aromatic heterocycles. The van der Waals surface area contributed by atoms with Crippen LogP contribution in [-0.4, -0.2) is 58.3 Å². The Kier molecular flexibility index (Phi) is 8.54. The van der Waals surface area contributed by atoms with E-state index in [9.17, 15) is 0 Å². The molecule has 2 rings (SSSR count). The first-order chi connectivity index (χ1) is 12.7. The second-order valence-electron chi connectivity index (χ2n) is 6.81. The molecule has 6 nitrogen and oxygen atoms in total. The molecule has 2 N–H and O–H groups in total. The molecule has 1 saturated carbocycles. The Hall–Kier alpha value is -1.95. The zero-order chi connectivity index (χ0) is 18.8. The molecule has 6 heteroatoms. The van der Waals surface area contributed by atoms with Gasteiger partial charge in [-0.05, 0) is 37.6 Å². The van der Waals surface area contributed by atoms with Crippen LogP contribution in [0.2, 0.25) is 0 Å². The number of aliphatic imine (C=N–C) groups is 1. The van der Waals surface area contributed by atoms with Crippen molar-refractivity contribution in [3.63, 3.8) is 0 Å². The standard InChI is InChI=1S/C20H34N4O2/c1-21-20(22-12-13-24(2)17-8-6-5-7-9-17)23-15-16-10-11-18(25-3)19(14-16)26-4/h10-11,14,17H,5-9,12-13,15H2,1-4H3,(H2,21,22,23). The van der Waals surface area contributed by atoms with Gasteiger partial charge < -0.3 is 25.0 Å². The van der Waals surface area contributed by atoms with E-state index in [-0.39, 0.29) is 0 Å². The first-order valence-corrected chi connectivity index (χ1v) is 9.53. The number of rotatable bonds is 8. The van der Waals surface area contributed by atoms with Crippen molar-refractivity contribution >= 4 is 5.96 Å². The Bertz CT molecular complexity index is 571. The second kappa shape index (κ2) is 10.9. The summed E-state index contributed by atoms with van der Waals surface area (Å²) >= 11 is 0. The van der Waals surface area contributed by atoms with Gasteiger partial charge >= 0.3 is 0 Å². The van der Waals surface area contributed by atoms with E-state index in [2.05, 4.69) is 27.6 Å². The summed E-state index contributed by atoms with van der Waals surface area (Å²) in [4.78, 5) is 6.79. The van der Waals surface area contributed by atoms with E-state index >= 15 is 0 Å². The largest absolute Gasteiger partial charge is 0.493 e. The highest BCUT2D eigenvalue weighted by Crippen LogP contribution is 2.27. The SMILES string of the molecule is CN=C(NCCN(C)C1CCCCC1)NCc1ccc(OC)c(OC)c1. The first kappa shape index (κ1) is 20.4. The van der Waals surface area contributed by atoms with Gasteiger partial charge in [-0.3, -0.25) is 4.99 Å². The maximum Gasteiger partial charge on any atom is 0.191 e. The smallest absolute Gasteiger partial charge is 0.191 e. The third-order valence-electron chi connectivity index (χ3n) is 5.09. The number of hydrogen-bond donors (Lipinski definition) is 2. The van der Waals surface area contributed by atoms with Crippen LogP contribution in [0.4, 0.5) is 0 Å². The van der Waals surface area contributed by atoms with Crippen LogP contribution >= 0.6 is 0 Å². The van der Waals surface area contributed by atoms with Gasteiger partial charge in [-0.2, -0.15) is 0 Å². The Balaban J connectivity index is 1.75. The van der Waals surface area contributed by atoms with E-state index in [4.69, 9.17) is 9.47 Å². The molecule has 1 aromatic rings. The fraction of sp³-hybridized carbons (Fsp3) is 0.650. The van der Waals surface area contributed by atoms with E-state index in [0.29, 0.717) is 6.54 Å². The lowest BCUT2D eigenvalue weighted by Crippen LogP contribution is -2.43. The minimum absolute atomic E-state index is 0.679. The summed E-state index contributed by atoms with van der Waals surface area (Å²) in [5.41, 5.74) is 1.12. The van der Waals surface area contributed by atoms with Crippen LogP contribution in [0, 0.1) is 0 Å². The molecule has 0 aliphatic heterocycles. The van der Waals surface area contributed by atoms with Crippen LogP contribution in [0.3, 0.4) is 0 Å². The topological polar surface area (TPSA) is 58.1 Å². The number of guanidine groups is 1. The van der Waals surface area contributed by atoms with Crippen molar-refractivity contribution in [1.29, 1.82) is 0 Å². The molecule has 0 amide bonds. The number of methoxy groups -OCH3 is 2. The number of hydrogen-bond acceptors (Lipinski definition) is 4. The predicted molar refractivity (Wildman–Crippen MR) is 107 cm³/mol. The third-order valence-corrected chi connectivity index (χ3v) is 5.09. The zero-order valence-electron chi connectivity index (χ0n) is 16.7. The number of nitrogens with one attached hydrogen (secondary N) is 2. The van der Waals surface area contributed by atoms with Gasteiger partial charge in [0.1, 0.15) is 0 Å². The van der Waals surface area contributed by atoms with E-state index < -0.39 is 0 Å². The van der Waals surface area contributed by atoms with Gasteiger partial charge in [0, 0.05) is 32.7 Å². The average Bonchev–Trinajstić information content (AvgIpc) is 2.70. The van der Waals surface area contributed by atoms with Crippen molar-refractivity contribution < 1.29 is 9.47 Å². The van der Waals surface area contributed by atoms with Crippen molar-refractivity contribution in [2.75, 3.05) is 41.4 Å². The summed E-state index contributed by atoms with van der Waals surface area (Å²) in [6.07, 6.45) is 6.81. The highest BCUT2D eigenvalue weighted by molar-refractivity contribution is 5.79. The lowest BCUT2D eigenvalue weighted by Gasteiger charge is -2.31. The van der Waals surface area contributed by atoms with Gasteiger partial charge in [0.2, 0.25) is 0 Å². The summed E-state index contributed by atoms with van der Waals surface area (Å²) in [6.45, 7) is 2.60. The molecular weight excluding hydrogens is 328 g/mol. The van der Waals surface area contributed by atoms with E-state index in [1.54, 1.807) is 21.3 Å². The van der Waals surface area contributed by atoms with E-state index in [1.165, 1.54) is 32.1 Å². The fourth-order valence-electron chi connectivity index (χ4n) is 3.45. The summed E-state index contributed by atoms with van der Waals surface area (Å²) < 4.78 is 10.6. The summed E-state index contributed by atoms with van der Waals surface area (Å²) in [7, 11) is 7.33. The van der Waals surface area contributed by atoms with Gasteiger partial charge in [0.05, 0.1) is 14.2 Å². The third kappa shape index (κ3) is 6.09. The molecule has 0 radical (unpaired) electrons. The molecule has 0 heterocycles. The van der Waals surface area contributed by atoms with Crippen LogP contribution in [-0.2, 0) is 6.54 Å². The molecule has 1 aliphatic carbocycles. The van der Waals surface area contributed by atoms with Gasteiger partial charge in [-0.15, -0.1) is 0 Å². The highest BCUT2D eigenvalue weighted by Gasteiger charge is 2.17. The maximum absolute atomic E-state index is 5.35. The molecule has 146 valence electrons. The highest BCUT2D eigenvalue weighted by atomic mass is 16.5. The number of ether oxygens (including phenoxy) is 2. The van der Waals surface area contributed by atoms with Crippen molar-refractivity contribution in [3.8, 4) is 11.5 Å². The van der Waals surface area contributed by atoms with Crippen LogP contribution in [0.25, 0.3) is 0 Å². The van der Waals surface area contributed by atoms with Gasteiger partial charge in [0.25, 0.3) is 0 Å². The summed E-state index contributed by atoms with van der Waals surface area (Å²) in [6, 6.07) is 6.67. The number of likely N-dealkylation sites (N-methyl/N-ethyl adjacent to an activating group) is 1. The fourth-order valence-corrected chi connectivity index (χ4v) is 3.45. The van der Waals surface area contributed by atoms with Crippen molar-refractivity contribution in [3.05, 3.63) is 23.8 Å². The maximum atomic E-state index is 5.35. The molecule has 1 aliphatic rings. The van der Waals surface area contributed by atoms with Gasteiger partial charge in [0.15, 0.2) is 17.5 Å². The molecule has 0 spiro atoms. The average molecular weight is 363 g/mol. The van der Waals surface area contributed by atoms with Crippen molar-refractivity contribution in [2.24, 2.45) is 4.99 Å². The summed E-state index contributed by atoms with van der Waals surface area (Å²) in [5.74, 6) is 2.30. The molecule has 0 bridgehead atoms. The van der Waals surface area contributed by atoms with Crippen LogP contribution in [0.1, 0.15) is 37.7 Å². The van der Waals surface area contributed by atoms with Crippen LogP contribution < -0.4 is 20.1 Å². The molecule has 0 saturated heterocycles. The van der Waals surface area contributed by atoms with Crippen LogP contribution in [0.15, 0.2) is 23.2 Å². The van der Waals surface area contributed by atoms with Crippen molar-refractivity contribution in [1.82, 2.24) is 15.5 Å². The Labute approximate surface area is 158 Å². The van der Waals surface area contributed by atoms with Crippen molar-refractivity contribution in [2.45, 2.75) is 44.7 Å². The first-order valence-electron chi connectivity index (χ1n) is 9.53. The predicted octanol–water partition coefficient (Wildman–Crippen LogP) is 2.63. The van der Waals surface area contributed by atoms with Gasteiger partial charge in [-0.25, -0.2) is 0 Å². The molecule has 1 aromatic carbocycles. The monoisotopic (exact) mass is 362 g/mol. The number of benzene rings is 1. The normalized spacial score (nSPS) is 15.8. The molecule has 26 heavy (non-hydrogen) atoms. The Morgan fingerprint density at radius 1 is 1.12 bits per heavy atom.